The van der Waals surface area contributed by atoms with Crippen molar-refractivity contribution in [3.05, 3.63) is 114 Å². The Labute approximate surface area is 220 Å². The minimum Gasteiger partial charge on any atom is -0.354 e. The third kappa shape index (κ3) is 6.39. The van der Waals surface area contributed by atoms with Crippen LogP contribution in [0.2, 0.25) is 0 Å². The molecule has 5 rings (SSSR count). The van der Waals surface area contributed by atoms with Crippen molar-refractivity contribution in [1.82, 2.24) is 19.9 Å². The van der Waals surface area contributed by atoms with Gasteiger partial charge in [-0.25, -0.2) is 24.8 Å². The number of aromatic nitrogens is 4. The summed E-state index contributed by atoms with van der Waals surface area (Å²) in [4.78, 5) is 16.9. The lowest BCUT2D eigenvalue weighted by Crippen LogP contribution is -2.05. The molecule has 0 spiro atoms. The molecular weight excluding hydrogens is 510 g/mol. The minimum atomic E-state index is -4.43. The van der Waals surface area contributed by atoms with Crippen LogP contribution in [0.15, 0.2) is 102 Å². The van der Waals surface area contributed by atoms with E-state index in [4.69, 9.17) is 0 Å². The molecule has 2 N–H and O–H groups in total. The highest BCUT2D eigenvalue weighted by molar-refractivity contribution is 5.78. The average Bonchev–Trinajstić information content (AvgIpc) is 2.95. The number of benzene rings is 2. The number of anilines is 3. The predicted octanol–water partition coefficient (Wildman–Crippen LogP) is 6.95. The Kier molecular flexibility index (Phi) is 7.21. The lowest BCUT2D eigenvalue weighted by Gasteiger charge is -2.10. The molecule has 3 heterocycles. The molecule has 7 nitrogen and oxygen atoms in total. The Morgan fingerprint density at radius 3 is 2.31 bits per heavy atom. The van der Waals surface area contributed by atoms with Crippen molar-refractivity contribution in [2.45, 2.75) is 6.18 Å². The zero-order valence-corrected chi connectivity index (χ0v) is 20.1. The fraction of sp³-hybridized carbons (Fsp3) is 0.0357. The molecule has 0 atom stereocenters. The van der Waals surface area contributed by atoms with Crippen molar-refractivity contribution in [2.24, 2.45) is 5.10 Å². The molecule has 0 aliphatic carbocycles. The van der Waals surface area contributed by atoms with E-state index in [0.717, 1.165) is 23.9 Å². The van der Waals surface area contributed by atoms with Gasteiger partial charge in [-0.1, -0.05) is 42.5 Å². The standard InChI is InChI=1S/C28H19F4N7/c29-23-17-34-27(38-26(23)25-11-5-10-24(37-25)18-6-2-1-3-7-18)39-35-16-21-12-13-22(15-33-21)36-20-9-4-8-19(14-20)28(30,31)32/h1-17,36H,(H,34,38,39)/b35-16+. The molecule has 11 heteroatoms. The number of hydrogen-bond acceptors (Lipinski definition) is 7. The van der Waals surface area contributed by atoms with Crippen molar-refractivity contribution < 1.29 is 17.6 Å². The molecule has 39 heavy (non-hydrogen) atoms. The molecule has 0 bridgehead atoms. The number of nitrogens with one attached hydrogen (secondary N) is 2. The maximum atomic E-state index is 14.5. The van der Waals surface area contributed by atoms with Gasteiger partial charge in [0.25, 0.3) is 0 Å². The summed E-state index contributed by atoms with van der Waals surface area (Å²) in [5.74, 6) is -0.579. The highest BCUT2D eigenvalue weighted by Crippen LogP contribution is 2.31. The number of hydrogen-bond donors (Lipinski definition) is 2. The van der Waals surface area contributed by atoms with Gasteiger partial charge in [-0.3, -0.25) is 4.98 Å². The first-order valence-electron chi connectivity index (χ1n) is 11.6. The van der Waals surface area contributed by atoms with Gasteiger partial charge in [0.05, 0.1) is 46.9 Å². The van der Waals surface area contributed by atoms with Crippen LogP contribution in [0, 0.1) is 5.82 Å². The maximum Gasteiger partial charge on any atom is 0.416 e. The van der Waals surface area contributed by atoms with Crippen LogP contribution in [-0.4, -0.2) is 26.2 Å². The Balaban J connectivity index is 1.26. The van der Waals surface area contributed by atoms with Gasteiger partial charge in [0.15, 0.2) is 5.82 Å². The Morgan fingerprint density at radius 2 is 1.54 bits per heavy atom. The summed E-state index contributed by atoms with van der Waals surface area (Å²) in [6, 6.07) is 22.9. The van der Waals surface area contributed by atoms with Crippen LogP contribution in [0.3, 0.4) is 0 Å². The third-order valence-corrected chi connectivity index (χ3v) is 5.43. The second-order valence-corrected chi connectivity index (χ2v) is 8.21. The SMILES string of the molecule is Fc1cnc(N/N=C/c2ccc(Nc3cccc(C(F)(F)F)c3)cn2)nc1-c1cccc(-c2ccccc2)n1. The molecule has 0 fully saturated rings. The summed E-state index contributed by atoms with van der Waals surface area (Å²) in [7, 11) is 0. The predicted molar refractivity (Wildman–Crippen MR) is 141 cm³/mol. The monoisotopic (exact) mass is 529 g/mol. The Bertz CT molecular complexity index is 1610. The summed E-state index contributed by atoms with van der Waals surface area (Å²) in [5.41, 5.74) is 5.05. The first-order valence-corrected chi connectivity index (χ1v) is 11.6. The Hall–Kier alpha value is -5.19. The van der Waals surface area contributed by atoms with Gasteiger partial charge >= 0.3 is 6.18 Å². The first kappa shape index (κ1) is 25.5. The van der Waals surface area contributed by atoms with Gasteiger partial charge in [0.1, 0.15) is 5.69 Å². The van der Waals surface area contributed by atoms with E-state index < -0.39 is 17.6 Å². The van der Waals surface area contributed by atoms with E-state index in [-0.39, 0.29) is 17.3 Å². The van der Waals surface area contributed by atoms with Crippen LogP contribution in [0.25, 0.3) is 22.6 Å². The van der Waals surface area contributed by atoms with Gasteiger partial charge < -0.3 is 5.32 Å². The molecule has 0 radical (unpaired) electrons. The summed E-state index contributed by atoms with van der Waals surface area (Å²) in [5, 5.41) is 6.93. The molecule has 5 aromatic rings. The highest BCUT2D eigenvalue weighted by atomic mass is 19.4. The quantitative estimate of drug-likeness (QED) is 0.135. The van der Waals surface area contributed by atoms with Crippen LogP contribution in [0.5, 0.6) is 0 Å². The Morgan fingerprint density at radius 1 is 0.744 bits per heavy atom. The lowest BCUT2D eigenvalue weighted by atomic mass is 10.1. The normalized spacial score (nSPS) is 11.5. The van der Waals surface area contributed by atoms with E-state index in [1.54, 1.807) is 24.3 Å². The molecular formula is C28H19F4N7. The summed E-state index contributed by atoms with van der Waals surface area (Å²) >= 11 is 0. The molecule has 0 unspecified atom stereocenters. The smallest absolute Gasteiger partial charge is 0.354 e. The minimum absolute atomic E-state index is 0.0172. The van der Waals surface area contributed by atoms with E-state index in [0.29, 0.717) is 22.8 Å². The molecule has 2 aromatic carbocycles. The second-order valence-electron chi connectivity index (χ2n) is 8.21. The third-order valence-electron chi connectivity index (χ3n) is 5.43. The van der Waals surface area contributed by atoms with Gasteiger partial charge in [0.2, 0.25) is 5.95 Å². The first-order chi connectivity index (χ1) is 18.8. The van der Waals surface area contributed by atoms with Crippen LogP contribution in [0.4, 0.5) is 34.9 Å². The van der Waals surface area contributed by atoms with E-state index >= 15 is 0 Å². The van der Waals surface area contributed by atoms with Gasteiger partial charge in [-0.05, 0) is 42.5 Å². The van der Waals surface area contributed by atoms with Crippen molar-refractivity contribution in [3.8, 4) is 22.6 Å². The van der Waals surface area contributed by atoms with Crippen molar-refractivity contribution in [3.63, 3.8) is 0 Å². The van der Waals surface area contributed by atoms with Crippen LogP contribution >= 0.6 is 0 Å². The number of rotatable bonds is 7. The molecule has 0 amide bonds. The summed E-state index contributed by atoms with van der Waals surface area (Å²) in [6.07, 6.45) is -0.543. The number of pyridine rings is 2. The topological polar surface area (TPSA) is 88.0 Å². The fourth-order valence-corrected chi connectivity index (χ4v) is 3.59. The van der Waals surface area contributed by atoms with E-state index in [1.807, 2.05) is 36.4 Å². The number of nitrogens with zero attached hydrogens (tertiary/aromatic N) is 5. The number of hydrazone groups is 1. The van der Waals surface area contributed by atoms with Crippen molar-refractivity contribution >= 4 is 23.5 Å². The zero-order chi connectivity index (χ0) is 27.2. The van der Waals surface area contributed by atoms with Crippen molar-refractivity contribution in [2.75, 3.05) is 10.7 Å². The van der Waals surface area contributed by atoms with Crippen LogP contribution in [0.1, 0.15) is 11.3 Å². The van der Waals surface area contributed by atoms with Gasteiger partial charge in [0, 0.05) is 11.3 Å². The average molecular weight is 530 g/mol. The van der Waals surface area contributed by atoms with Crippen LogP contribution in [-0.2, 0) is 6.18 Å². The van der Waals surface area contributed by atoms with Crippen molar-refractivity contribution in [1.29, 1.82) is 0 Å². The number of halogens is 4. The van der Waals surface area contributed by atoms with Crippen LogP contribution < -0.4 is 10.7 Å². The molecule has 0 aliphatic heterocycles. The zero-order valence-electron chi connectivity index (χ0n) is 20.1. The molecule has 3 aromatic heterocycles. The number of alkyl halides is 3. The fourth-order valence-electron chi connectivity index (χ4n) is 3.59. The molecule has 0 saturated carbocycles. The highest BCUT2D eigenvalue weighted by Gasteiger charge is 2.30. The van der Waals surface area contributed by atoms with E-state index in [9.17, 15) is 17.6 Å². The second kappa shape index (κ2) is 11.1. The lowest BCUT2D eigenvalue weighted by molar-refractivity contribution is -0.137. The molecule has 0 aliphatic rings. The van der Waals surface area contributed by atoms with E-state index in [1.165, 1.54) is 24.5 Å². The molecule has 0 saturated heterocycles. The van der Waals surface area contributed by atoms with E-state index in [2.05, 4.69) is 35.8 Å². The summed E-state index contributed by atoms with van der Waals surface area (Å²) < 4.78 is 53.3. The largest absolute Gasteiger partial charge is 0.416 e. The maximum absolute atomic E-state index is 14.5. The summed E-state index contributed by atoms with van der Waals surface area (Å²) in [6.45, 7) is 0. The molecule has 194 valence electrons. The van der Waals surface area contributed by atoms with Gasteiger partial charge in [-0.2, -0.15) is 18.3 Å². The van der Waals surface area contributed by atoms with Gasteiger partial charge in [-0.15, -0.1) is 0 Å².